The number of amides is 1. The molecule has 2 aromatic heterocycles. The van der Waals surface area contributed by atoms with Crippen molar-refractivity contribution >= 4 is 28.2 Å². The van der Waals surface area contributed by atoms with Gasteiger partial charge in [0, 0.05) is 37.5 Å². The van der Waals surface area contributed by atoms with Gasteiger partial charge in [-0.15, -0.1) is 11.3 Å². The zero-order valence-electron chi connectivity index (χ0n) is 11.8. The van der Waals surface area contributed by atoms with Crippen LogP contribution in [0.3, 0.4) is 0 Å². The van der Waals surface area contributed by atoms with Gasteiger partial charge in [0.25, 0.3) is 0 Å². The van der Waals surface area contributed by atoms with Crippen LogP contribution in [0.5, 0.6) is 0 Å². The van der Waals surface area contributed by atoms with Crippen LogP contribution in [0.25, 0.3) is 0 Å². The van der Waals surface area contributed by atoms with Gasteiger partial charge in [-0.25, -0.2) is 9.97 Å². The Bertz CT molecular complexity index is 598. The Hall–Kier alpha value is -2.02. The molecule has 1 fully saturated rings. The van der Waals surface area contributed by atoms with Crippen molar-refractivity contribution in [1.29, 1.82) is 0 Å². The Morgan fingerprint density at radius 2 is 2.29 bits per heavy atom. The van der Waals surface area contributed by atoms with Crippen molar-refractivity contribution in [2.45, 2.75) is 25.7 Å². The number of thiazole rings is 1. The molecule has 3 heterocycles. The average molecular weight is 303 g/mol. The maximum atomic E-state index is 11.5. The maximum absolute atomic E-state index is 11.5. The molecule has 0 aliphatic carbocycles. The standard InChI is InChI=1S/C14H17N5OS/c1-10(20)19-5-2-3-11(9-19)12-7-17-13(8-16-12)18-14-15-4-6-21-14/h4,6-8,11H,2-3,5,9H2,1H3,(H,15,17,18). The molecule has 21 heavy (non-hydrogen) atoms. The number of nitrogens with zero attached hydrogens (tertiary/aromatic N) is 4. The molecule has 1 aliphatic heterocycles. The SMILES string of the molecule is CC(=O)N1CCCC(c2cnc(Nc3nccs3)cn2)C1. The predicted molar refractivity (Wildman–Crippen MR) is 81.7 cm³/mol. The van der Waals surface area contributed by atoms with E-state index in [9.17, 15) is 4.79 Å². The quantitative estimate of drug-likeness (QED) is 0.942. The lowest BCUT2D eigenvalue weighted by Crippen LogP contribution is -2.37. The van der Waals surface area contributed by atoms with E-state index in [0.29, 0.717) is 5.82 Å². The van der Waals surface area contributed by atoms with Crippen LogP contribution in [0.2, 0.25) is 0 Å². The Kier molecular flexibility index (Phi) is 4.10. The lowest BCUT2D eigenvalue weighted by Gasteiger charge is -2.31. The molecule has 3 rings (SSSR count). The Morgan fingerprint density at radius 3 is 2.95 bits per heavy atom. The summed E-state index contributed by atoms with van der Waals surface area (Å²) in [6.07, 6.45) is 7.34. The second-order valence-electron chi connectivity index (χ2n) is 5.09. The van der Waals surface area contributed by atoms with Gasteiger partial charge in [0.15, 0.2) is 10.9 Å². The predicted octanol–water partition coefficient (Wildman–Crippen LogP) is 2.40. The summed E-state index contributed by atoms with van der Waals surface area (Å²) < 4.78 is 0. The Morgan fingerprint density at radius 1 is 1.38 bits per heavy atom. The number of hydrogen-bond acceptors (Lipinski definition) is 6. The van der Waals surface area contributed by atoms with Gasteiger partial charge in [0.2, 0.25) is 5.91 Å². The van der Waals surface area contributed by atoms with Crippen molar-refractivity contribution in [2.75, 3.05) is 18.4 Å². The third kappa shape index (κ3) is 3.36. The molecular weight excluding hydrogens is 286 g/mol. The molecule has 1 N–H and O–H groups in total. The summed E-state index contributed by atoms with van der Waals surface area (Å²) in [6, 6.07) is 0. The number of hydrogen-bond donors (Lipinski definition) is 1. The van der Waals surface area contributed by atoms with Gasteiger partial charge in [-0.3, -0.25) is 9.78 Å². The first kappa shape index (κ1) is 13.9. The van der Waals surface area contributed by atoms with E-state index in [1.54, 1.807) is 25.5 Å². The van der Waals surface area contributed by atoms with Crippen LogP contribution in [-0.2, 0) is 4.79 Å². The summed E-state index contributed by atoms with van der Waals surface area (Å²) in [5.41, 5.74) is 0.950. The molecule has 0 radical (unpaired) electrons. The topological polar surface area (TPSA) is 71.0 Å². The highest BCUT2D eigenvalue weighted by atomic mass is 32.1. The summed E-state index contributed by atoms with van der Waals surface area (Å²) in [6.45, 7) is 3.21. The molecule has 1 unspecified atom stereocenters. The van der Waals surface area contributed by atoms with Gasteiger partial charge in [-0.2, -0.15) is 0 Å². The summed E-state index contributed by atoms with van der Waals surface area (Å²) >= 11 is 1.52. The largest absolute Gasteiger partial charge is 0.342 e. The van der Waals surface area contributed by atoms with Crippen LogP contribution < -0.4 is 5.32 Å². The highest BCUT2D eigenvalue weighted by Crippen LogP contribution is 2.26. The fourth-order valence-corrected chi connectivity index (χ4v) is 3.05. The summed E-state index contributed by atoms with van der Waals surface area (Å²) in [5, 5.41) is 5.82. The summed E-state index contributed by atoms with van der Waals surface area (Å²) in [7, 11) is 0. The van der Waals surface area contributed by atoms with E-state index in [0.717, 1.165) is 36.8 Å². The van der Waals surface area contributed by atoms with Gasteiger partial charge < -0.3 is 10.2 Å². The normalized spacial score (nSPS) is 18.5. The lowest BCUT2D eigenvalue weighted by molar-refractivity contribution is -0.130. The Balaban J connectivity index is 1.67. The first-order chi connectivity index (χ1) is 10.2. The molecule has 1 atom stereocenters. The van der Waals surface area contributed by atoms with Gasteiger partial charge in [0.1, 0.15) is 0 Å². The van der Waals surface area contributed by atoms with E-state index in [1.807, 2.05) is 10.3 Å². The van der Waals surface area contributed by atoms with Crippen molar-refractivity contribution in [3.05, 3.63) is 29.7 Å². The Labute approximate surface area is 127 Å². The number of nitrogens with one attached hydrogen (secondary N) is 1. The van der Waals surface area contributed by atoms with Gasteiger partial charge in [-0.1, -0.05) is 0 Å². The highest BCUT2D eigenvalue weighted by molar-refractivity contribution is 7.13. The van der Waals surface area contributed by atoms with Crippen LogP contribution in [0.4, 0.5) is 10.9 Å². The zero-order chi connectivity index (χ0) is 14.7. The molecule has 1 amide bonds. The molecule has 110 valence electrons. The van der Waals surface area contributed by atoms with Crippen molar-refractivity contribution in [3.63, 3.8) is 0 Å². The van der Waals surface area contributed by atoms with Crippen LogP contribution >= 0.6 is 11.3 Å². The molecule has 6 nitrogen and oxygen atoms in total. The number of carbonyl (C=O) groups is 1. The lowest BCUT2D eigenvalue weighted by atomic mass is 9.95. The van der Waals surface area contributed by atoms with Gasteiger partial charge >= 0.3 is 0 Å². The minimum absolute atomic E-state index is 0.134. The van der Waals surface area contributed by atoms with Crippen molar-refractivity contribution in [3.8, 4) is 0 Å². The van der Waals surface area contributed by atoms with Gasteiger partial charge in [0.05, 0.1) is 18.1 Å². The van der Waals surface area contributed by atoms with E-state index in [4.69, 9.17) is 0 Å². The van der Waals surface area contributed by atoms with Gasteiger partial charge in [-0.05, 0) is 12.8 Å². The third-order valence-electron chi connectivity index (χ3n) is 3.62. The molecule has 7 heteroatoms. The summed E-state index contributed by atoms with van der Waals surface area (Å²) in [5.74, 6) is 1.10. The smallest absolute Gasteiger partial charge is 0.219 e. The van der Waals surface area contributed by atoms with Crippen molar-refractivity contribution in [1.82, 2.24) is 19.9 Å². The van der Waals surface area contributed by atoms with Crippen LogP contribution in [0.1, 0.15) is 31.4 Å². The minimum atomic E-state index is 0.134. The number of carbonyl (C=O) groups excluding carboxylic acids is 1. The molecule has 2 aromatic rings. The van der Waals surface area contributed by atoms with E-state index < -0.39 is 0 Å². The van der Waals surface area contributed by atoms with E-state index in [2.05, 4.69) is 20.3 Å². The monoisotopic (exact) mass is 303 g/mol. The maximum Gasteiger partial charge on any atom is 0.219 e. The number of likely N-dealkylation sites (tertiary alicyclic amines) is 1. The number of anilines is 2. The molecule has 0 saturated carbocycles. The van der Waals surface area contributed by atoms with Crippen molar-refractivity contribution in [2.24, 2.45) is 0 Å². The fraction of sp³-hybridized carbons (Fsp3) is 0.429. The highest BCUT2D eigenvalue weighted by Gasteiger charge is 2.23. The second kappa shape index (κ2) is 6.17. The first-order valence-electron chi connectivity index (χ1n) is 6.96. The third-order valence-corrected chi connectivity index (χ3v) is 4.31. The molecular formula is C14H17N5OS. The van der Waals surface area contributed by atoms with Crippen LogP contribution in [-0.4, -0.2) is 38.8 Å². The zero-order valence-corrected chi connectivity index (χ0v) is 12.6. The second-order valence-corrected chi connectivity index (χ2v) is 5.99. The average Bonchev–Trinajstić information content (AvgIpc) is 3.01. The first-order valence-corrected chi connectivity index (χ1v) is 7.84. The molecule has 0 bridgehead atoms. The molecule has 1 saturated heterocycles. The van der Waals surface area contributed by atoms with E-state index >= 15 is 0 Å². The van der Waals surface area contributed by atoms with Crippen LogP contribution in [0.15, 0.2) is 24.0 Å². The molecule has 1 aliphatic rings. The minimum Gasteiger partial charge on any atom is -0.342 e. The van der Waals surface area contributed by atoms with Crippen molar-refractivity contribution < 1.29 is 4.79 Å². The number of rotatable bonds is 3. The molecule has 0 aromatic carbocycles. The van der Waals surface area contributed by atoms with E-state index in [-0.39, 0.29) is 11.8 Å². The number of piperidine rings is 1. The van der Waals surface area contributed by atoms with E-state index in [1.165, 1.54) is 11.3 Å². The van der Waals surface area contributed by atoms with Crippen LogP contribution in [0, 0.1) is 0 Å². The fourth-order valence-electron chi connectivity index (χ4n) is 2.51. The molecule has 0 spiro atoms. The number of aromatic nitrogens is 3. The summed E-state index contributed by atoms with van der Waals surface area (Å²) in [4.78, 5) is 26.4.